The number of benzene rings is 1. The van der Waals surface area contributed by atoms with Crippen LogP contribution in [0, 0.1) is 18.3 Å². The Hall–Kier alpha value is -1.53. The highest BCUT2D eigenvalue weighted by Gasteiger charge is 2.15. The van der Waals surface area contributed by atoms with Gasteiger partial charge in [-0.25, -0.2) is 4.79 Å². The van der Waals surface area contributed by atoms with Gasteiger partial charge in [0.15, 0.2) is 0 Å². The number of halogens is 1. The van der Waals surface area contributed by atoms with Crippen molar-refractivity contribution in [1.82, 2.24) is 0 Å². The Balaban J connectivity index is 3.39. The molecule has 1 aromatic rings. The number of methoxy groups -OCH3 is 1. The Morgan fingerprint density at radius 3 is 2.73 bits per heavy atom. The molecule has 78 valence electrons. The van der Waals surface area contributed by atoms with Crippen LogP contribution in [-0.2, 0) is 10.6 Å². The van der Waals surface area contributed by atoms with E-state index in [1.807, 2.05) is 6.07 Å². The van der Waals surface area contributed by atoms with Gasteiger partial charge in [0, 0.05) is 5.88 Å². The summed E-state index contributed by atoms with van der Waals surface area (Å²) in [7, 11) is 1.29. The minimum atomic E-state index is -0.504. The van der Waals surface area contributed by atoms with Crippen LogP contribution >= 0.6 is 11.6 Å². The van der Waals surface area contributed by atoms with Crippen LogP contribution in [0.25, 0.3) is 0 Å². The van der Waals surface area contributed by atoms with Crippen LogP contribution < -0.4 is 0 Å². The van der Waals surface area contributed by atoms with Crippen molar-refractivity contribution >= 4 is 17.6 Å². The number of ether oxygens (including phenoxy) is 1. The van der Waals surface area contributed by atoms with Gasteiger partial charge in [-0.3, -0.25) is 0 Å². The summed E-state index contributed by atoms with van der Waals surface area (Å²) in [6.07, 6.45) is 0. The maximum absolute atomic E-state index is 11.3. The molecule has 0 spiro atoms. The van der Waals surface area contributed by atoms with Crippen LogP contribution in [0.3, 0.4) is 0 Å². The molecule has 0 saturated carbocycles. The summed E-state index contributed by atoms with van der Waals surface area (Å²) in [6.45, 7) is 1.77. The molecule has 1 aromatic carbocycles. The first-order valence-electron chi connectivity index (χ1n) is 4.32. The van der Waals surface area contributed by atoms with Gasteiger partial charge < -0.3 is 4.74 Å². The molecule has 0 aliphatic carbocycles. The molecule has 0 aliphatic heterocycles. The third-order valence-corrected chi connectivity index (χ3v) is 2.53. The average Bonchev–Trinajstić information content (AvgIpc) is 2.27. The summed E-state index contributed by atoms with van der Waals surface area (Å²) in [5, 5.41) is 8.96. The summed E-state index contributed by atoms with van der Waals surface area (Å²) in [4.78, 5) is 11.3. The molecule has 3 nitrogen and oxygen atoms in total. The summed E-state index contributed by atoms with van der Waals surface area (Å²) >= 11 is 5.70. The lowest BCUT2D eigenvalue weighted by atomic mass is 9.98. The van der Waals surface area contributed by atoms with E-state index in [1.165, 1.54) is 7.11 Å². The van der Waals surface area contributed by atoms with Gasteiger partial charge in [-0.2, -0.15) is 5.26 Å². The quantitative estimate of drug-likeness (QED) is 0.571. The van der Waals surface area contributed by atoms with E-state index in [1.54, 1.807) is 19.1 Å². The largest absolute Gasteiger partial charge is 0.465 e. The number of rotatable bonds is 2. The molecular weight excluding hydrogens is 214 g/mol. The first-order valence-corrected chi connectivity index (χ1v) is 4.86. The molecule has 0 atom stereocenters. The van der Waals surface area contributed by atoms with Crippen molar-refractivity contribution < 1.29 is 9.53 Å². The number of nitriles is 1. The third-order valence-electron chi connectivity index (χ3n) is 2.24. The second kappa shape index (κ2) is 4.81. The molecule has 0 unspecified atom stereocenters. The Labute approximate surface area is 93.2 Å². The zero-order valence-corrected chi connectivity index (χ0v) is 9.26. The summed E-state index contributed by atoms with van der Waals surface area (Å²) in [5.41, 5.74) is 2.20. The average molecular weight is 224 g/mol. The van der Waals surface area contributed by atoms with Crippen LogP contribution in [0.2, 0.25) is 0 Å². The van der Waals surface area contributed by atoms with E-state index in [9.17, 15) is 4.79 Å². The van der Waals surface area contributed by atoms with Crippen molar-refractivity contribution in [2.75, 3.05) is 7.11 Å². The Bertz CT molecular complexity index is 435. The second-order valence-electron chi connectivity index (χ2n) is 3.01. The normalized spacial score (nSPS) is 9.47. The standard InChI is InChI=1S/C11H10ClNO2/c1-7-8(5-12)3-4-9(10(7)6-13)11(14)15-2/h3-4H,5H2,1-2H3. The van der Waals surface area contributed by atoms with Gasteiger partial charge >= 0.3 is 5.97 Å². The number of nitrogens with zero attached hydrogens (tertiary/aromatic N) is 1. The second-order valence-corrected chi connectivity index (χ2v) is 3.28. The van der Waals surface area contributed by atoms with Crippen LogP contribution in [0.15, 0.2) is 12.1 Å². The van der Waals surface area contributed by atoms with Gasteiger partial charge in [0.2, 0.25) is 0 Å². The maximum Gasteiger partial charge on any atom is 0.339 e. The molecule has 0 aromatic heterocycles. The van der Waals surface area contributed by atoms with Gasteiger partial charge in [0.05, 0.1) is 18.2 Å². The lowest BCUT2D eigenvalue weighted by molar-refractivity contribution is 0.0600. The van der Waals surface area contributed by atoms with E-state index in [4.69, 9.17) is 16.9 Å². The van der Waals surface area contributed by atoms with E-state index in [2.05, 4.69) is 4.74 Å². The summed E-state index contributed by atoms with van der Waals surface area (Å²) < 4.78 is 4.58. The smallest absolute Gasteiger partial charge is 0.339 e. The van der Waals surface area contributed by atoms with Crippen molar-refractivity contribution in [3.8, 4) is 6.07 Å². The van der Waals surface area contributed by atoms with Crippen LogP contribution in [-0.4, -0.2) is 13.1 Å². The molecule has 4 heteroatoms. The molecule has 0 N–H and O–H groups in total. The molecule has 0 aliphatic rings. The van der Waals surface area contributed by atoms with E-state index in [0.717, 1.165) is 11.1 Å². The lowest BCUT2D eigenvalue weighted by Gasteiger charge is -2.08. The SMILES string of the molecule is COC(=O)c1ccc(CCl)c(C)c1C#N. The fourth-order valence-corrected chi connectivity index (χ4v) is 1.61. The maximum atomic E-state index is 11.3. The number of carbonyl (C=O) groups excluding carboxylic acids is 1. The van der Waals surface area contributed by atoms with Crippen molar-refractivity contribution in [3.05, 3.63) is 34.4 Å². The minimum Gasteiger partial charge on any atom is -0.465 e. The fourth-order valence-electron chi connectivity index (χ4n) is 1.32. The monoisotopic (exact) mass is 223 g/mol. The molecular formula is C11H10ClNO2. The van der Waals surface area contributed by atoms with Crippen molar-refractivity contribution in [2.24, 2.45) is 0 Å². The molecule has 0 radical (unpaired) electrons. The molecule has 15 heavy (non-hydrogen) atoms. The zero-order chi connectivity index (χ0) is 11.4. The predicted octanol–water partition coefficient (Wildman–Crippen LogP) is 2.39. The highest BCUT2D eigenvalue weighted by molar-refractivity contribution is 6.17. The Morgan fingerprint density at radius 1 is 1.60 bits per heavy atom. The molecule has 0 fully saturated rings. The van der Waals surface area contributed by atoms with Crippen LogP contribution in [0.4, 0.5) is 0 Å². The van der Waals surface area contributed by atoms with Gasteiger partial charge in [-0.15, -0.1) is 11.6 Å². The Morgan fingerprint density at radius 2 is 2.27 bits per heavy atom. The van der Waals surface area contributed by atoms with Crippen molar-refractivity contribution in [3.63, 3.8) is 0 Å². The predicted molar refractivity (Wildman–Crippen MR) is 56.8 cm³/mol. The van der Waals surface area contributed by atoms with Gasteiger partial charge in [-0.1, -0.05) is 6.07 Å². The molecule has 0 bridgehead atoms. The zero-order valence-electron chi connectivity index (χ0n) is 8.50. The van der Waals surface area contributed by atoms with E-state index >= 15 is 0 Å². The Kier molecular flexibility index (Phi) is 3.70. The van der Waals surface area contributed by atoms with Crippen molar-refractivity contribution in [1.29, 1.82) is 5.26 Å². The topological polar surface area (TPSA) is 50.1 Å². The van der Waals surface area contributed by atoms with Gasteiger partial charge in [-0.05, 0) is 24.1 Å². The van der Waals surface area contributed by atoms with Crippen molar-refractivity contribution in [2.45, 2.75) is 12.8 Å². The molecule has 1 rings (SSSR count). The van der Waals surface area contributed by atoms with E-state index in [0.29, 0.717) is 11.4 Å². The fraction of sp³-hybridized carbons (Fsp3) is 0.273. The van der Waals surface area contributed by atoms with Gasteiger partial charge in [0.1, 0.15) is 6.07 Å². The first-order chi connectivity index (χ1) is 7.15. The molecule has 0 saturated heterocycles. The number of carbonyl (C=O) groups is 1. The lowest BCUT2D eigenvalue weighted by Crippen LogP contribution is -2.06. The van der Waals surface area contributed by atoms with Gasteiger partial charge in [0.25, 0.3) is 0 Å². The number of hydrogen-bond donors (Lipinski definition) is 0. The number of alkyl halides is 1. The molecule has 0 amide bonds. The number of esters is 1. The van der Waals surface area contributed by atoms with E-state index in [-0.39, 0.29) is 5.56 Å². The first kappa shape index (κ1) is 11.5. The summed E-state index contributed by atoms with van der Waals surface area (Å²) in [6, 6.07) is 5.29. The summed E-state index contributed by atoms with van der Waals surface area (Å²) in [5.74, 6) is -0.183. The third kappa shape index (κ3) is 2.11. The number of hydrogen-bond acceptors (Lipinski definition) is 3. The minimum absolute atomic E-state index is 0.284. The van der Waals surface area contributed by atoms with Crippen LogP contribution in [0.1, 0.15) is 27.0 Å². The highest BCUT2D eigenvalue weighted by Crippen LogP contribution is 2.20. The molecule has 0 heterocycles. The van der Waals surface area contributed by atoms with Crippen LogP contribution in [0.5, 0.6) is 0 Å². The van der Waals surface area contributed by atoms with E-state index < -0.39 is 5.97 Å². The highest BCUT2D eigenvalue weighted by atomic mass is 35.5.